The minimum Gasteiger partial charge on any atom is -0.371 e. The van der Waals surface area contributed by atoms with Gasteiger partial charge in [-0.1, -0.05) is 75.6 Å². The molecule has 1 saturated carbocycles. The smallest absolute Gasteiger partial charge is 0.371 e. The number of nitrogens with zero attached hydrogens (tertiary/aromatic N) is 1. The summed E-state index contributed by atoms with van der Waals surface area (Å²) < 4.78 is 7.66. The molecule has 4 rings (SSSR count). The second kappa shape index (κ2) is 7.30. The maximum Gasteiger partial charge on any atom is 0.602 e. The van der Waals surface area contributed by atoms with Crippen molar-refractivity contribution in [2.24, 2.45) is 5.92 Å². The van der Waals surface area contributed by atoms with E-state index in [0.29, 0.717) is 11.5 Å². The molecule has 1 aliphatic rings. The summed E-state index contributed by atoms with van der Waals surface area (Å²) in [4.78, 5) is 12.7. The van der Waals surface area contributed by atoms with Gasteiger partial charge in [0.1, 0.15) is 0 Å². The van der Waals surface area contributed by atoms with Crippen LogP contribution in [0.3, 0.4) is 0 Å². The fraction of sp³-hybridized carbons (Fsp3) is 0.417. The molecule has 0 spiro atoms. The number of hydrogen-bond donors (Lipinski definition) is 0. The van der Waals surface area contributed by atoms with Crippen molar-refractivity contribution in [1.29, 1.82) is 0 Å². The number of hydrogen-bond acceptors (Lipinski definition) is 2. The van der Waals surface area contributed by atoms with E-state index in [1.165, 1.54) is 37.7 Å². The summed E-state index contributed by atoms with van der Waals surface area (Å²) in [6, 6.07) is 16.6. The Bertz CT molecular complexity index is 982. The Morgan fingerprint density at radius 1 is 1.00 bits per heavy atom. The molecule has 0 unspecified atom stereocenters. The summed E-state index contributed by atoms with van der Waals surface area (Å²) >= 11 is 0. The predicted octanol–water partition coefficient (Wildman–Crippen LogP) is 4.99. The summed E-state index contributed by atoms with van der Waals surface area (Å²) in [6.07, 6.45) is 8.29. The number of fused-ring (bicyclic) bond motifs is 1. The Balaban J connectivity index is 1.76. The number of benzene rings is 2. The molecule has 0 amide bonds. The highest BCUT2D eigenvalue weighted by Gasteiger charge is 2.28. The van der Waals surface area contributed by atoms with E-state index >= 15 is 0 Å². The topological polar surface area (TPSA) is 34.1 Å². The van der Waals surface area contributed by atoms with Gasteiger partial charge in [-0.25, -0.2) is 0 Å². The molecule has 0 saturated heterocycles. The Kier molecular flexibility index (Phi) is 4.86. The van der Waals surface area contributed by atoms with Crippen LogP contribution in [0, 0.1) is 5.92 Å². The highest BCUT2D eigenvalue weighted by Crippen LogP contribution is 2.35. The largest absolute Gasteiger partial charge is 0.602 e. The standard InChI is InChI=1S/C24H28NO2/c1-24(2,20-13-7-4-8-14-20)21-15-9-12-19-17-25(23(26)27-22(19)21)16-18-10-5-3-6-11-18/h4,7-9,12-15,17-18H,3,5-6,10-11,16H2,1-2H3/q+1. The molecule has 1 aromatic heterocycles. The van der Waals surface area contributed by atoms with Gasteiger partial charge in [-0.05, 0) is 24.5 Å². The van der Waals surface area contributed by atoms with Crippen molar-refractivity contribution >= 4 is 11.0 Å². The Hall–Kier alpha value is -2.42. The quantitative estimate of drug-likeness (QED) is 0.613. The molecule has 1 fully saturated rings. The van der Waals surface area contributed by atoms with E-state index in [9.17, 15) is 4.79 Å². The minimum absolute atomic E-state index is 0.244. The third kappa shape index (κ3) is 3.55. The van der Waals surface area contributed by atoms with E-state index in [-0.39, 0.29) is 11.2 Å². The first kappa shape index (κ1) is 18.0. The van der Waals surface area contributed by atoms with E-state index < -0.39 is 0 Å². The van der Waals surface area contributed by atoms with Gasteiger partial charge in [0.15, 0.2) is 18.3 Å². The molecule has 27 heavy (non-hydrogen) atoms. The molecular weight excluding hydrogens is 334 g/mol. The maximum absolute atomic E-state index is 12.7. The normalized spacial score (nSPS) is 15.9. The zero-order valence-corrected chi connectivity index (χ0v) is 16.3. The molecule has 0 atom stereocenters. The monoisotopic (exact) mass is 362 g/mol. The summed E-state index contributed by atoms with van der Waals surface area (Å²) in [5.41, 5.74) is 2.72. The average molecular weight is 362 g/mol. The van der Waals surface area contributed by atoms with Gasteiger partial charge in [0.2, 0.25) is 0 Å². The number of aromatic nitrogens is 1. The molecule has 2 aromatic carbocycles. The van der Waals surface area contributed by atoms with Crippen molar-refractivity contribution in [3.63, 3.8) is 0 Å². The highest BCUT2D eigenvalue weighted by atomic mass is 16.4. The van der Waals surface area contributed by atoms with Crippen LogP contribution in [0.4, 0.5) is 0 Å². The number of para-hydroxylation sites is 1. The molecule has 3 nitrogen and oxygen atoms in total. The van der Waals surface area contributed by atoms with Crippen LogP contribution < -0.4 is 10.3 Å². The highest BCUT2D eigenvalue weighted by molar-refractivity contribution is 5.80. The lowest BCUT2D eigenvalue weighted by Gasteiger charge is -2.26. The minimum atomic E-state index is -0.246. The van der Waals surface area contributed by atoms with Gasteiger partial charge in [-0.15, -0.1) is 4.57 Å². The fourth-order valence-corrected chi connectivity index (χ4v) is 4.41. The van der Waals surface area contributed by atoms with Gasteiger partial charge in [0.25, 0.3) is 0 Å². The molecule has 140 valence electrons. The summed E-state index contributed by atoms with van der Waals surface area (Å²) in [5, 5.41) is 0.993. The zero-order valence-electron chi connectivity index (χ0n) is 16.3. The van der Waals surface area contributed by atoms with Crippen LogP contribution in [0.1, 0.15) is 57.1 Å². The first-order chi connectivity index (χ1) is 13.1. The second-order valence-corrected chi connectivity index (χ2v) is 8.37. The van der Waals surface area contributed by atoms with Crippen LogP contribution in [-0.4, -0.2) is 0 Å². The molecule has 0 bridgehead atoms. The van der Waals surface area contributed by atoms with Crippen molar-refractivity contribution in [2.75, 3.05) is 0 Å². The molecular formula is C24H28NO2+. The van der Waals surface area contributed by atoms with E-state index in [0.717, 1.165) is 17.5 Å². The van der Waals surface area contributed by atoms with Crippen molar-refractivity contribution < 1.29 is 8.98 Å². The van der Waals surface area contributed by atoms with Crippen LogP contribution in [0.5, 0.6) is 0 Å². The van der Waals surface area contributed by atoms with Gasteiger partial charge in [-0.2, -0.15) is 4.79 Å². The average Bonchev–Trinajstić information content (AvgIpc) is 2.69. The Labute approximate surface area is 160 Å². The van der Waals surface area contributed by atoms with Crippen molar-refractivity contribution in [1.82, 2.24) is 0 Å². The molecule has 3 aromatic rings. The molecule has 1 heterocycles. The van der Waals surface area contributed by atoms with E-state index in [1.54, 1.807) is 4.57 Å². The van der Waals surface area contributed by atoms with Gasteiger partial charge in [-0.3, -0.25) is 0 Å². The van der Waals surface area contributed by atoms with E-state index in [4.69, 9.17) is 4.42 Å². The Morgan fingerprint density at radius 2 is 1.74 bits per heavy atom. The molecule has 0 N–H and O–H groups in total. The van der Waals surface area contributed by atoms with Gasteiger partial charge in [0.05, 0.1) is 5.39 Å². The molecule has 1 aliphatic carbocycles. The summed E-state index contributed by atoms with van der Waals surface area (Å²) in [7, 11) is 0. The van der Waals surface area contributed by atoms with E-state index in [1.807, 2.05) is 18.3 Å². The third-order valence-electron chi connectivity index (χ3n) is 6.11. The maximum atomic E-state index is 12.7. The predicted molar refractivity (Wildman–Crippen MR) is 108 cm³/mol. The summed E-state index contributed by atoms with van der Waals surface area (Å²) in [6.45, 7) is 5.13. The molecule has 0 aliphatic heterocycles. The van der Waals surface area contributed by atoms with Gasteiger partial charge in [0, 0.05) is 16.9 Å². The number of rotatable bonds is 4. The summed E-state index contributed by atoms with van der Waals surface area (Å²) in [5.74, 6) is 0.345. The molecule has 3 heteroatoms. The fourth-order valence-electron chi connectivity index (χ4n) is 4.41. The third-order valence-corrected chi connectivity index (χ3v) is 6.11. The van der Waals surface area contributed by atoms with E-state index in [2.05, 4.69) is 50.2 Å². The van der Waals surface area contributed by atoms with Crippen LogP contribution in [0.25, 0.3) is 11.0 Å². The van der Waals surface area contributed by atoms with Crippen LogP contribution in [0.15, 0.2) is 63.9 Å². The first-order valence-electron chi connectivity index (χ1n) is 10.1. The van der Waals surface area contributed by atoms with Gasteiger partial charge >= 0.3 is 5.76 Å². The second-order valence-electron chi connectivity index (χ2n) is 8.37. The van der Waals surface area contributed by atoms with Crippen molar-refractivity contribution in [2.45, 2.75) is 57.9 Å². The Morgan fingerprint density at radius 3 is 2.48 bits per heavy atom. The lowest BCUT2D eigenvalue weighted by atomic mass is 9.77. The van der Waals surface area contributed by atoms with Crippen LogP contribution >= 0.6 is 0 Å². The lowest BCUT2D eigenvalue weighted by Crippen LogP contribution is -2.51. The zero-order chi connectivity index (χ0) is 18.9. The van der Waals surface area contributed by atoms with Crippen LogP contribution in [0.2, 0.25) is 0 Å². The van der Waals surface area contributed by atoms with Crippen molar-refractivity contribution in [3.8, 4) is 0 Å². The van der Waals surface area contributed by atoms with Crippen molar-refractivity contribution in [3.05, 3.63) is 76.4 Å². The van der Waals surface area contributed by atoms with Gasteiger partial charge < -0.3 is 4.42 Å². The lowest BCUT2D eigenvalue weighted by molar-refractivity contribution is -0.726. The first-order valence-corrected chi connectivity index (χ1v) is 10.1. The molecule has 0 radical (unpaired) electrons. The van der Waals surface area contributed by atoms with Crippen LogP contribution in [-0.2, 0) is 12.0 Å². The SMILES string of the molecule is CC(C)(c1ccccc1)c1cccc2c[n+](CC3CCCCC3)c(=O)oc12.